The summed E-state index contributed by atoms with van der Waals surface area (Å²) in [5.41, 5.74) is 3.92. The van der Waals surface area contributed by atoms with Gasteiger partial charge in [-0.3, -0.25) is 14.5 Å². The Hall–Kier alpha value is -2.66. The molecule has 0 aromatic heterocycles. The van der Waals surface area contributed by atoms with Gasteiger partial charge in [0.2, 0.25) is 5.91 Å². The Labute approximate surface area is 173 Å². The third-order valence-electron chi connectivity index (χ3n) is 5.52. The molecule has 0 radical (unpaired) electrons. The summed E-state index contributed by atoms with van der Waals surface area (Å²) in [4.78, 5) is 31.8. The molecule has 0 spiro atoms. The maximum absolute atomic E-state index is 13.0. The van der Waals surface area contributed by atoms with Crippen LogP contribution >= 0.6 is 0 Å². The van der Waals surface area contributed by atoms with Gasteiger partial charge >= 0.3 is 0 Å². The van der Waals surface area contributed by atoms with Crippen molar-refractivity contribution in [2.24, 2.45) is 0 Å². The number of hydrogen-bond acceptors (Lipinski definition) is 3. The summed E-state index contributed by atoms with van der Waals surface area (Å²) in [7, 11) is 0. The molecule has 5 heteroatoms. The number of anilines is 1. The predicted octanol–water partition coefficient (Wildman–Crippen LogP) is 3.50. The Balaban J connectivity index is 1.61. The fourth-order valence-electron chi connectivity index (χ4n) is 3.92. The molecular formula is C24H31N3O2. The second kappa shape index (κ2) is 9.70. The van der Waals surface area contributed by atoms with Crippen molar-refractivity contribution in [3.8, 4) is 0 Å². The molecule has 3 rings (SSSR count). The molecule has 1 aliphatic rings. The minimum atomic E-state index is 0.0805. The molecule has 2 aromatic carbocycles. The smallest absolute Gasteiger partial charge is 0.253 e. The van der Waals surface area contributed by atoms with E-state index in [0.29, 0.717) is 26.2 Å². The number of nitrogens with zero attached hydrogens (tertiary/aromatic N) is 3. The molecule has 5 nitrogen and oxygen atoms in total. The van der Waals surface area contributed by atoms with Crippen molar-refractivity contribution < 1.29 is 9.59 Å². The summed E-state index contributed by atoms with van der Waals surface area (Å²) in [5, 5.41) is 0. The topological polar surface area (TPSA) is 43.9 Å². The number of rotatable bonds is 5. The minimum absolute atomic E-state index is 0.0805. The van der Waals surface area contributed by atoms with Crippen LogP contribution in [0.1, 0.15) is 34.8 Å². The maximum Gasteiger partial charge on any atom is 0.253 e. The van der Waals surface area contributed by atoms with Gasteiger partial charge in [-0.05, 0) is 51.0 Å². The Morgan fingerprint density at radius 1 is 0.966 bits per heavy atom. The SMILES string of the molecule is CCN(C(=O)CN1CCCN(C(=O)c2cccc(C)c2)CC1)c1ccccc1C. The minimum Gasteiger partial charge on any atom is -0.337 e. The van der Waals surface area contributed by atoms with Crippen LogP contribution in [0, 0.1) is 13.8 Å². The highest BCUT2D eigenvalue weighted by molar-refractivity contribution is 5.95. The van der Waals surface area contributed by atoms with E-state index in [2.05, 4.69) is 4.90 Å². The van der Waals surface area contributed by atoms with Gasteiger partial charge in [-0.25, -0.2) is 0 Å². The number of amides is 2. The summed E-state index contributed by atoms with van der Waals surface area (Å²) < 4.78 is 0. The number of carbonyl (C=O) groups is 2. The Morgan fingerprint density at radius 2 is 1.76 bits per heavy atom. The first kappa shape index (κ1) is 21.1. The normalized spacial score (nSPS) is 15.1. The van der Waals surface area contributed by atoms with E-state index < -0.39 is 0 Å². The molecule has 0 unspecified atom stereocenters. The van der Waals surface area contributed by atoms with Gasteiger partial charge in [0.25, 0.3) is 5.91 Å². The first-order valence-corrected chi connectivity index (χ1v) is 10.4. The third kappa shape index (κ3) is 5.24. The van der Waals surface area contributed by atoms with E-state index in [4.69, 9.17) is 0 Å². The second-order valence-electron chi connectivity index (χ2n) is 7.72. The maximum atomic E-state index is 13.0. The van der Waals surface area contributed by atoms with Crippen LogP contribution in [0.25, 0.3) is 0 Å². The first-order valence-electron chi connectivity index (χ1n) is 10.4. The highest BCUT2D eigenvalue weighted by Gasteiger charge is 2.23. The van der Waals surface area contributed by atoms with Crippen LogP contribution in [0.5, 0.6) is 0 Å². The quantitative estimate of drug-likeness (QED) is 0.781. The van der Waals surface area contributed by atoms with E-state index in [1.165, 1.54) is 0 Å². The third-order valence-corrected chi connectivity index (χ3v) is 5.52. The van der Waals surface area contributed by atoms with E-state index in [1.54, 1.807) is 0 Å². The van der Waals surface area contributed by atoms with Crippen LogP contribution < -0.4 is 4.90 Å². The van der Waals surface area contributed by atoms with Gasteiger partial charge in [-0.2, -0.15) is 0 Å². The molecule has 154 valence electrons. The van der Waals surface area contributed by atoms with Crippen LogP contribution in [-0.2, 0) is 4.79 Å². The lowest BCUT2D eigenvalue weighted by molar-refractivity contribution is -0.119. The van der Waals surface area contributed by atoms with Gasteiger partial charge in [-0.15, -0.1) is 0 Å². The van der Waals surface area contributed by atoms with Crippen LogP contribution in [0.3, 0.4) is 0 Å². The molecule has 0 N–H and O–H groups in total. The second-order valence-corrected chi connectivity index (χ2v) is 7.72. The standard InChI is InChI=1S/C24H31N3O2/c1-4-27(22-12-6-5-10-20(22)3)23(28)18-25-13-8-14-26(16-15-25)24(29)21-11-7-9-19(2)17-21/h5-7,9-12,17H,4,8,13-16,18H2,1-3H3. The van der Waals surface area contributed by atoms with Crippen molar-refractivity contribution in [3.05, 3.63) is 65.2 Å². The van der Waals surface area contributed by atoms with Crippen molar-refractivity contribution in [2.75, 3.05) is 44.2 Å². The summed E-state index contributed by atoms with van der Waals surface area (Å²) in [6.45, 7) is 10.00. The molecule has 1 fully saturated rings. The van der Waals surface area contributed by atoms with E-state index in [-0.39, 0.29) is 11.8 Å². The fourth-order valence-corrected chi connectivity index (χ4v) is 3.92. The number of aryl methyl sites for hydroxylation is 2. The zero-order valence-electron chi connectivity index (χ0n) is 17.7. The van der Waals surface area contributed by atoms with Crippen molar-refractivity contribution >= 4 is 17.5 Å². The lowest BCUT2D eigenvalue weighted by Gasteiger charge is -2.27. The van der Waals surface area contributed by atoms with Crippen molar-refractivity contribution in [3.63, 3.8) is 0 Å². The van der Waals surface area contributed by atoms with Gasteiger partial charge in [-0.1, -0.05) is 35.9 Å². The van der Waals surface area contributed by atoms with Gasteiger partial charge < -0.3 is 9.80 Å². The number of likely N-dealkylation sites (N-methyl/N-ethyl adjacent to an activating group) is 1. The highest BCUT2D eigenvalue weighted by Crippen LogP contribution is 2.20. The summed E-state index contributed by atoms with van der Waals surface area (Å²) in [6, 6.07) is 15.7. The molecule has 0 aliphatic carbocycles. The number of carbonyl (C=O) groups excluding carboxylic acids is 2. The molecular weight excluding hydrogens is 362 g/mol. The largest absolute Gasteiger partial charge is 0.337 e. The number of para-hydroxylation sites is 1. The van der Waals surface area contributed by atoms with Crippen LogP contribution in [0.15, 0.2) is 48.5 Å². The van der Waals surface area contributed by atoms with E-state index in [9.17, 15) is 9.59 Å². The Kier molecular flexibility index (Phi) is 7.04. The van der Waals surface area contributed by atoms with Gasteiger partial charge in [0.1, 0.15) is 0 Å². The number of hydrogen-bond donors (Lipinski definition) is 0. The summed E-state index contributed by atoms with van der Waals surface area (Å²) >= 11 is 0. The fraction of sp³-hybridized carbons (Fsp3) is 0.417. The molecule has 0 saturated carbocycles. The first-order chi connectivity index (χ1) is 14.0. The highest BCUT2D eigenvalue weighted by atomic mass is 16.2. The predicted molar refractivity (Wildman–Crippen MR) is 117 cm³/mol. The average molecular weight is 394 g/mol. The van der Waals surface area contributed by atoms with Gasteiger partial charge in [0.05, 0.1) is 6.54 Å². The zero-order chi connectivity index (χ0) is 20.8. The molecule has 29 heavy (non-hydrogen) atoms. The van der Waals surface area contributed by atoms with Crippen molar-refractivity contribution in [1.29, 1.82) is 0 Å². The molecule has 1 aliphatic heterocycles. The molecule has 2 aromatic rings. The van der Waals surface area contributed by atoms with Crippen LogP contribution in [-0.4, -0.2) is 60.9 Å². The Morgan fingerprint density at radius 3 is 2.48 bits per heavy atom. The lowest BCUT2D eigenvalue weighted by Crippen LogP contribution is -2.42. The van der Waals surface area contributed by atoms with Crippen molar-refractivity contribution in [2.45, 2.75) is 27.2 Å². The van der Waals surface area contributed by atoms with E-state index >= 15 is 0 Å². The Bertz CT molecular complexity index is 865. The summed E-state index contributed by atoms with van der Waals surface area (Å²) in [5.74, 6) is 0.192. The van der Waals surface area contributed by atoms with E-state index in [1.807, 2.05) is 79.1 Å². The van der Waals surface area contributed by atoms with Gasteiger partial charge in [0.15, 0.2) is 0 Å². The average Bonchev–Trinajstić information content (AvgIpc) is 2.95. The molecule has 1 saturated heterocycles. The molecule has 1 heterocycles. The zero-order valence-corrected chi connectivity index (χ0v) is 17.7. The van der Waals surface area contributed by atoms with Crippen molar-refractivity contribution in [1.82, 2.24) is 9.80 Å². The van der Waals surface area contributed by atoms with Gasteiger partial charge in [0, 0.05) is 44.0 Å². The van der Waals surface area contributed by atoms with Crippen LogP contribution in [0.4, 0.5) is 5.69 Å². The lowest BCUT2D eigenvalue weighted by atomic mass is 10.1. The van der Waals surface area contributed by atoms with Crippen LogP contribution in [0.2, 0.25) is 0 Å². The molecule has 0 atom stereocenters. The summed E-state index contributed by atoms with van der Waals surface area (Å²) in [6.07, 6.45) is 0.876. The number of benzene rings is 2. The monoisotopic (exact) mass is 393 g/mol. The van der Waals surface area contributed by atoms with E-state index in [0.717, 1.165) is 41.9 Å². The molecule has 2 amide bonds. The molecule has 0 bridgehead atoms.